The Bertz CT molecular complexity index is 347. The van der Waals surface area contributed by atoms with Crippen molar-refractivity contribution in [2.75, 3.05) is 11.9 Å². The van der Waals surface area contributed by atoms with Crippen LogP contribution in [-0.4, -0.2) is 12.2 Å². The van der Waals surface area contributed by atoms with E-state index in [4.69, 9.17) is 0 Å². The van der Waals surface area contributed by atoms with Crippen molar-refractivity contribution in [1.29, 1.82) is 0 Å². The third-order valence-electron chi connectivity index (χ3n) is 2.32. The van der Waals surface area contributed by atoms with Gasteiger partial charge in [0.25, 0.3) is 0 Å². The summed E-state index contributed by atoms with van der Waals surface area (Å²) in [6.07, 6.45) is 1.03. The maximum absolute atomic E-state index is 13.1. The Labute approximate surface area is 79.9 Å². The number of halogens is 3. The van der Waals surface area contributed by atoms with Crippen LogP contribution in [-0.2, 0) is 0 Å². The molecule has 0 spiro atoms. The first kappa shape index (κ1) is 9.37. The summed E-state index contributed by atoms with van der Waals surface area (Å²) in [5.74, 6) is -1.32. The fourth-order valence-electron chi connectivity index (χ4n) is 1.20. The molecule has 4 heteroatoms. The van der Waals surface area contributed by atoms with Gasteiger partial charge >= 0.3 is 0 Å². The molecule has 1 aliphatic carbocycles. The molecule has 0 bridgehead atoms. The van der Waals surface area contributed by atoms with E-state index in [1.807, 2.05) is 0 Å². The molecule has 1 aromatic carbocycles. The fraction of sp³-hybridized carbons (Fsp3) is 0.400. The molecule has 1 aromatic rings. The lowest BCUT2D eigenvalue weighted by molar-refractivity contribution is 0.326. The molecule has 76 valence electrons. The Kier molecular flexibility index (Phi) is 2.13. The number of nitrogens with one attached hydrogen (secondary N) is 1. The van der Waals surface area contributed by atoms with E-state index in [1.54, 1.807) is 0 Å². The van der Waals surface area contributed by atoms with E-state index in [9.17, 15) is 13.2 Å². The van der Waals surface area contributed by atoms with E-state index in [0.717, 1.165) is 12.1 Å². The Balaban J connectivity index is 2.02. The molecular weight excluding hydrogens is 191 g/mol. The van der Waals surface area contributed by atoms with E-state index in [1.165, 1.54) is 6.07 Å². The summed E-state index contributed by atoms with van der Waals surface area (Å²) in [5, 5.41) is 2.63. The zero-order valence-electron chi connectivity index (χ0n) is 7.49. The van der Waals surface area contributed by atoms with Crippen molar-refractivity contribution in [3.8, 4) is 0 Å². The number of rotatable bonds is 3. The van der Waals surface area contributed by atoms with E-state index in [0.29, 0.717) is 12.8 Å². The summed E-state index contributed by atoms with van der Waals surface area (Å²) < 4.78 is 38.7. The Morgan fingerprint density at radius 2 is 2.00 bits per heavy atom. The van der Waals surface area contributed by atoms with Gasteiger partial charge in [-0.15, -0.1) is 0 Å². The highest BCUT2D eigenvalue weighted by atomic mass is 19.1. The molecule has 1 N–H and O–H groups in total. The topological polar surface area (TPSA) is 12.0 Å². The van der Waals surface area contributed by atoms with Crippen LogP contribution >= 0.6 is 0 Å². The zero-order valence-corrected chi connectivity index (χ0v) is 7.49. The maximum atomic E-state index is 13.1. The van der Waals surface area contributed by atoms with Gasteiger partial charge in [-0.25, -0.2) is 13.2 Å². The Morgan fingerprint density at radius 1 is 1.29 bits per heavy atom. The van der Waals surface area contributed by atoms with Crippen LogP contribution in [0.1, 0.15) is 12.8 Å². The zero-order chi connectivity index (χ0) is 10.2. The summed E-state index contributed by atoms with van der Waals surface area (Å²) in [4.78, 5) is 0. The molecule has 0 radical (unpaired) electrons. The second-order valence-electron chi connectivity index (χ2n) is 3.63. The van der Waals surface area contributed by atoms with Gasteiger partial charge in [0.15, 0.2) is 0 Å². The molecule has 0 aromatic heterocycles. The standard InChI is InChI=1S/C10H10F3N/c11-7-1-2-9(8(12)5-7)14-6-10(13)3-4-10/h1-2,5,14H,3-4,6H2. The first-order valence-electron chi connectivity index (χ1n) is 4.47. The maximum Gasteiger partial charge on any atom is 0.149 e. The summed E-state index contributed by atoms with van der Waals surface area (Å²) in [5.41, 5.74) is -1.03. The van der Waals surface area contributed by atoms with Crippen LogP contribution in [0.4, 0.5) is 18.9 Å². The van der Waals surface area contributed by atoms with Crippen LogP contribution in [0.3, 0.4) is 0 Å². The predicted molar refractivity (Wildman–Crippen MR) is 47.9 cm³/mol. The van der Waals surface area contributed by atoms with Crippen LogP contribution in [0, 0.1) is 11.6 Å². The van der Waals surface area contributed by atoms with Gasteiger partial charge in [0.1, 0.15) is 17.3 Å². The van der Waals surface area contributed by atoms with Crippen molar-refractivity contribution >= 4 is 5.69 Å². The largest absolute Gasteiger partial charge is 0.379 e. The molecule has 0 atom stereocenters. The van der Waals surface area contributed by atoms with Gasteiger partial charge in [-0.1, -0.05) is 0 Å². The van der Waals surface area contributed by atoms with Crippen molar-refractivity contribution in [2.24, 2.45) is 0 Å². The van der Waals surface area contributed by atoms with Crippen molar-refractivity contribution in [2.45, 2.75) is 18.5 Å². The van der Waals surface area contributed by atoms with Crippen LogP contribution in [0.25, 0.3) is 0 Å². The first-order chi connectivity index (χ1) is 6.59. The summed E-state index contributed by atoms with van der Waals surface area (Å²) in [6.45, 7) is 0.0928. The first-order valence-corrected chi connectivity index (χ1v) is 4.47. The molecule has 1 nitrogen and oxygen atoms in total. The number of anilines is 1. The fourth-order valence-corrected chi connectivity index (χ4v) is 1.20. The third kappa shape index (κ3) is 2.00. The summed E-state index contributed by atoms with van der Waals surface area (Å²) in [7, 11) is 0. The normalized spacial score (nSPS) is 17.9. The SMILES string of the molecule is Fc1ccc(NCC2(F)CC2)c(F)c1. The predicted octanol–water partition coefficient (Wildman–Crippen LogP) is 2.88. The Hall–Kier alpha value is -1.19. The minimum atomic E-state index is -1.18. The average Bonchev–Trinajstić information content (AvgIpc) is 2.83. The number of hydrogen-bond acceptors (Lipinski definition) is 1. The van der Waals surface area contributed by atoms with Crippen molar-refractivity contribution in [1.82, 2.24) is 0 Å². The molecule has 1 aliphatic rings. The van der Waals surface area contributed by atoms with Gasteiger partial charge in [0.05, 0.1) is 5.69 Å². The third-order valence-corrected chi connectivity index (χ3v) is 2.32. The van der Waals surface area contributed by atoms with Gasteiger partial charge in [-0.3, -0.25) is 0 Å². The van der Waals surface area contributed by atoms with Crippen LogP contribution in [0.15, 0.2) is 18.2 Å². The number of hydrogen-bond donors (Lipinski definition) is 1. The van der Waals surface area contributed by atoms with Crippen molar-refractivity contribution < 1.29 is 13.2 Å². The smallest absolute Gasteiger partial charge is 0.149 e. The van der Waals surface area contributed by atoms with Gasteiger partial charge in [0, 0.05) is 12.6 Å². The number of alkyl halides is 1. The monoisotopic (exact) mass is 201 g/mol. The second kappa shape index (κ2) is 3.19. The average molecular weight is 201 g/mol. The van der Waals surface area contributed by atoms with Crippen LogP contribution in [0.2, 0.25) is 0 Å². The quantitative estimate of drug-likeness (QED) is 0.792. The van der Waals surface area contributed by atoms with E-state index >= 15 is 0 Å². The van der Waals surface area contributed by atoms with Crippen LogP contribution < -0.4 is 5.32 Å². The van der Waals surface area contributed by atoms with Crippen LogP contribution in [0.5, 0.6) is 0 Å². The summed E-state index contributed by atoms with van der Waals surface area (Å²) >= 11 is 0. The molecule has 0 unspecified atom stereocenters. The summed E-state index contributed by atoms with van der Waals surface area (Å²) in [6, 6.07) is 3.19. The molecule has 0 saturated heterocycles. The lowest BCUT2D eigenvalue weighted by Crippen LogP contribution is -2.16. The van der Waals surface area contributed by atoms with Crippen molar-refractivity contribution in [3.05, 3.63) is 29.8 Å². The van der Waals surface area contributed by atoms with Gasteiger partial charge < -0.3 is 5.32 Å². The Morgan fingerprint density at radius 3 is 2.57 bits per heavy atom. The molecule has 0 heterocycles. The highest BCUT2D eigenvalue weighted by Gasteiger charge is 2.42. The molecule has 2 rings (SSSR count). The van der Waals surface area contributed by atoms with Gasteiger partial charge in [0.2, 0.25) is 0 Å². The second-order valence-corrected chi connectivity index (χ2v) is 3.63. The minimum absolute atomic E-state index is 0.0928. The highest BCUT2D eigenvalue weighted by Crippen LogP contribution is 2.39. The molecular formula is C10H10F3N. The number of benzene rings is 1. The minimum Gasteiger partial charge on any atom is -0.379 e. The molecule has 1 saturated carbocycles. The van der Waals surface area contributed by atoms with Gasteiger partial charge in [-0.2, -0.15) is 0 Å². The van der Waals surface area contributed by atoms with Crippen molar-refractivity contribution in [3.63, 3.8) is 0 Å². The molecule has 0 amide bonds. The lowest BCUT2D eigenvalue weighted by Gasteiger charge is -2.09. The molecule has 1 fully saturated rings. The lowest BCUT2D eigenvalue weighted by atomic mass is 10.2. The van der Waals surface area contributed by atoms with E-state index in [2.05, 4.69) is 5.32 Å². The van der Waals surface area contributed by atoms with Gasteiger partial charge in [-0.05, 0) is 25.0 Å². The molecule has 0 aliphatic heterocycles. The van der Waals surface area contributed by atoms with E-state index in [-0.39, 0.29) is 12.2 Å². The van der Waals surface area contributed by atoms with E-state index < -0.39 is 17.3 Å². The molecule has 14 heavy (non-hydrogen) atoms. The highest BCUT2D eigenvalue weighted by molar-refractivity contribution is 5.45.